The van der Waals surface area contributed by atoms with Gasteiger partial charge in [-0.2, -0.15) is 0 Å². The molecule has 0 heterocycles. The monoisotopic (exact) mass is 168 g/mol. The molecular formula is C8H9NO3. The lowest BCUT2D eigenvalue weighted by Crippen LogP contribution is -1.98. The zero-order valence-corrected chi connectivity index (χ0v) is 6.52. The minimum atomic E-state index is -1.93. The van der Waals surface area contributed by atoms with Crippen molar-refractivity contribution in [2.45, 2.75) is 13.0 Å². The van der Waals surface area contributed by atoms with Gasteiger partial charge < -0.3 is 5.11 Å². The van der Waals surface area contributed by atoms with Gasteiger partial charge in [-0.25, -0.2) is 0 Å². The van der Waals surface area contributed by atoms with Crippen molar-refractivity contribution in [3.63, 3.8) is 0 Å². The topological polar surface area (TPSA) is 63.4 Å². The molecule has 1 atom stereocenters. The first kappa shape index (κ1) is 7.24. The van der Waals surface area contributed by atoms with Crippen molar-refractivity contribution in [1.29, 1.82) is 0 Å². The van der Waals surface area contributed by atoms with Crippen LogP contribution in [0.3, 0.4) is 0 Å². The highest BCUT2D eigenvalue weighted by atomic mass is 16.6. The molecule has 12 heavy (non-hydrogen) atoms. The quantitative estimate of drug-likeness (QED) is 0.539. The molecule has 0 fully saturated rings. The summed E-state index contributed by atoms with van der Waals surface area (Å²) in [6.45, 7) is 1.19. The van der Waals surface area contributed by atoms with Gasteiger partial charge in [0.2, 0.25) is 0 Å². The van der Waals surface area contributed by atoms with Crippen LogP contribution in [0.15, 0.2) is 24.3 Å². The number of rotatable bonds is 2. The molecule has 0 aromatic heterocycles. The lowest BCUT2D eigenvalue weighted by atomic mass is 10.1. The lowest BCUT2D eigenvalue weighted by molar-refractivity contribution is -0.386. The van der Waals surface area contributed by atoms with E-state index < -0.39 is 11.0 Å². The summed E-state index contributed by atoms with van der Waals surface area (Å²) < 4.78 is 7.26. The summed E-state index contributed by atoms with van der Waals surface area (Å²) in [6.07, 6.45) is -1.93. The normalized spacial score (nSPS) is 16.3. The summed E-state index contributed by atoms with van der Waals surface area (Å²) >= 11 is 0. The molecule has 1 aromatic carbocycles. The highest BCUT2D eigenvalue weighted by molar-refractivity contribution is 5.40. The Labute approximate surface area is 71.0 Å². The second-order valence-electron chi connectivity index (χ2n) is 2.36. The van der Waals surface area contributed by atoms with Crippen molar-refractivity contribution >= 4 is 5.69 Å². The second kappa shape index (κ2) is 3.32. The Morgan fingerprint density at radius 2 is 2.25 bits per heavy atom. The summed E-state index contributed by atoms with van der Waals surface area (Å²) in [6, 6.07) is 5.67. The van der Waals surface area contributed by atoms with Gasteiger partial charge in [-0.3, -0.25) is 10.1 Å². The van der Waals surface area contributed by atoms with E-state index >= 15 is 0 Å². The molecule has 0 saturated carbocycles. The third kappa shape index (κ3) is 1.60. The minimum Gasteiger partial charge on any atom is -0.388 e. The molecule has 0 aliphatic rings. The largest absolute Gasteiger partial charge is 0.388 e. The van der Waals surface area contributed by atoms with Crippen molar-refractivity contribution < 1.29 is 11.4 Å². The van der Waals surface area contributed by atoms with Gasteiger partial charge in [-0.15, -0.1) is 0 Å². The van der Waals surface area contributed by atoms with Crippen LogP contribution in [-0.4, -0.2) is 10.0 Å². The minimum absolute atomic E-state index is 0.000000000000000444. The van der Waals surface area contributed by atoms with Crippen molar-refractivity contribution in [2.24, 2.45) is 0 Å². The fourth-order valence-electron chi connectivity index (χ4n) is 0.939. The molecule has 1 aromatic rings. The number of para-hydroxylation sites is 1. The third-order valence-corrected chi connectivity index (χ3v) is 1.49. The standard InChI is InChI=1S/C8H9NO3/c1-6(10)7-4-2-3-5-8(7)9(11)12/h2-6,10H,1H3/i6D. The van der Waals surface area contributed by atoms with E-state index in [-0.39, 0.29) is 11.3 Å². The Morgan fingerprint density at radius 1 is 1.67 bits per heavy atom. The first-order valence-electron chi connectivity index (χ1n) is 3.89. The van der Waals surface area contributed by atoms with Crippen LogP contribution in [0.2, 0.25) is 0 Å². The van der Waals surface area contributed by atoms with Crippen LogP contribution < -0.4 is 0 Å². The molecule has 0 radical (unpaired) electrons. The number of benzene rings is 1. The summed E-state index contributed by atoms with van der Waals surface area (Å²) in [4.78, 5) is 9.87. The van der Waals surface area contributed by atoms with Gasteiger partial charge in [0.15, 0.2) is 0 Å². The van der Waals surface area contributed by atoms with Crippen LogP contribution in [0.1, 0.15) is 19.9 Å². The van der Waals surface area contributed by atoms with Crippen LogP contribution in [-0.2, 0) is 0 Å². The van der Waals surface area contributed by atoms with Gasteiger partial charge in [-0.05, 0) is 13.0 Å². The maximum Gasteiger partial charge on any atom is 0.275 e. The van der Waals surface area contributed by atoms with Gasteiger partial charge in [0.05, 0.1) is 17.9 Å². The SMILES string of the molecule is [2H]C(C)(O)c1ccccc1[N+](=O)[O-]. The van der Waals surface area contributed by atoms with E-state index in [4.69, 9.17) is 1.37 Å². The average Bonchev–Trinajstić information content (AvgIpc) is 2.03. The Morgan fingerprint density at radius 3 is 2.67 bits per heavy atom. The molecule has 4 heteroatoms. The van der Waals surface area contributed by atoms with E-state index in [1.165, 1.54) is 25.1 Å². The van der Waals surface area contributed by atoms with Crippen LogP contribution >= 0.6 is 0 Å². The molecule has 0 spiro atoms. The maximum atomic E-state index is 10.5. The Hall–Kier alpha value is -1.42. The molecule has 0 aliphatic carbocycles. The van der Waals surface area contributed by atoms with Gasteiger partial charge in [-0.1, -0.05) is 12.1 Å². The predicted octanol–water partition coefficient (Wildman–Crippen LogP) is 1.65. The van der Waals surface area contributed by atoms with E-state index in [1.807, 2.05) is 0 Å². The Bertz CT molecular complexity index is 332. The maximum absolute atomic E-state index is 10.5. The van der Waals surface area contributed by atoms with Crippen molar-refractivity contribution in [2.75, 3.05) is 0 Å². The fraction of sp³-hybridized carbons (Fsp3) is 0.250. The molecule has 0 saturated heterocycles. The number of nitro benzene ring substituents is 1. The first-order valence-corrected chi connectivity index (χ1v) is 3.39. The van der Waals surface area contributed by atoms with Crippen LogP contribution in [0.4, 0.5) is 5.69 Å². The second-order valence-corrected chi connectivity index (χ2v) is 2.36. The van der Waals surface area contributed by atoms with Crippen LogP contribution in [0.5, 0.6) is 0 Å². The highest BCUT2D eigenvalue weighted by Crippen LogP contribution is 2.23. The molecule has 1 N–H and O–H groups in total. The first-order chi connectivity index (χ1) is 5.93. The average molecular weight is 168 g/mol. The molecule has 4 nitrogen and oxygen atoms in total. The molecule has 64 valence electrons. The van der Waals surface area contributed by atoms with Crippen LogP contribution in [0.25, 0.3) is 0 Å². The number of nitro groups is 1. The van der Waals surface area contributed by atoms with Gasteiger partial charge in [0, 0.05) is 6.07 Å². The van der Waals surface area contributed by atoms with E-state index in [0.29, 0.717) is 0 Å². The summed E-state index contributed by atoms with van der Waals surface area (Å²) in [5.41, 5.74) is -0.234. The summed E-state index contributed by atoms with van der Waals surface area (Å²) in [7, 11) is 0. The van der Waals surface area contributed by atoms with Gasteiger partial charge in [0.25, 0.3) is 5.69 Å². The lowest BCUT2D eigenvalue weighted by Gasteiger charge is -2.03. The number of nitrogens with zero attached hydrogens (tertiary/aromatic N) is 1. The number of aliphatic hydroxyl groups is 1. The fourth-order valence-corrected chi connectivity index (χ4v) is 0.939. The molecule has 1 unspecified atom stereocenters. The zero-order chi connectivity index (χ0) is 10.1. The summed E-state index contributed by atoms with van der Waals surface area (Å²) in [5, 5.41) is 19.8. The molecular weight excluding hydrogens is 158 g/mol. The molecule has 1 rings (SSSR count). The van der Waals surface area contributed by atoms with Crippen LogP contribution in [0, 0.1) is 10.1 Å². The Kier molecular flexibility index (Phi) is 2.00. The smallest absolute Gasteiger partial charge is 0.275 e. The predicted molar refractivity (Wildman–Crippen MR) is 43.7 cm³/mol. The molecule has 0 amide bonds. The number of hydrogen-bond acceptors (Lipinski definition) is 3. The summed E-state index contributed by atoms with van der Waals surface area (Å²) in [5.74, 6) is 0. The van der Waals surface area contributed by atoms with E-state index in [9.17, 15) is 15.2 Å². The van der Waals surface area contributed by atoms with E-state index in [0.717, 1.165) is 0 Å². The van der Waals surface area contributed by atoms with Crippen molar-refractivity contribution in [3.8, 4) is 0 Å². The number of hydrogen-bond donors (Lipinski definition) is 1. The zero-order valence-electron chi connectivity index (χ0n) is 7.52. The van der Waals surface area contributed by atoms with Crippen molar-refractivity contribution in [3.05, 3.63) is 39.9 Å². The van der Waals surface area contributed by atoms with Gasteiger partial charge >= 0.3 is 0 Å². The third-order valence-electron chi connectivity index (χ3n) is 1.49. The van der Waals surface area contributed by atoms with Crippen molar-refractivity contribution in [1.82, 2.24) is 0 Å². The van der Waals surface area contributed by atoms with E-state index in [1.54, 1.807) is 6.07 Å². The highest BCUT2D eigenvalue weighted by Gasteiger charge is 2.15. The Balaban J connectivity index is 3.28. The van der Waals surface area contributed by atoms with E-state index in [2.05, 4.69) is 0 Å². The molecule has 0 aliphatic heterocycles. The molecule has 0 bridgehead atoms. The van der Waals surface area contributed by atoms with Gasteiger partial charge in [0.1, 0.15) is 0 Å².